The molecule has 0 spiro atoms. The number of halogens is 1. The van der Waals surface area contributed by atoms with Crippen LogP contribution in [0.1, 0.15) is 11.4 Å². The molecule has 0 N–H and O–H groups in total. The van der Waals surface area contributed by atoms with Crippen molar-refractivity contribution in [2.45, 2.75) is 13.8 Å². The van der Waals surface area contributed by atoms with E-state index in [0.29, 0.717) is 13.2 Å². The van der Waals surface area contributed by atoms with E-state index >= 15 is 0 Å². The Labute approximate surface area is 114 Å². The average Bonchev–Trinajstić information content (AvgIpc) is 2.66. The van der Waals surface area contributed by atoms with Gasteiger partial charge in [0, 0.05) is 6.07 Å². The summed E-state index contributed by atoms with van der Waals surface area (Å²) in [6.07, 6.45) is 0. The predicted octanol–water partition coefficient (Wildman–Crippen LogP) is 3.02. The van der Waals surface area contributed by atoms with Crippen molar-refractivity contribution in [3.8, 4) is 17.2 Å². The van der Waals surface area contributed by atoms with Crippen LogP contribution in [0.15, 0.2) is 22.7 Å². The van der Waals surface area contributed by atoms with Gasteiger partial charge in [0.1, 0.15) is 13.2 Å². The highest BCUT2D eigenvalue weighted by Crippen LogP contribution is 2.33. The summed E-state index contributed by atoms with van der Waals surface area (Å²) >= 11 is 3.53. The van der Waals surface area contributed by atoms with Gasteiger partial charge in [0.15, 0.2) is 11.5 Å². The molecule has 94 valence electrons. The minimum atomic E-state index is 0.595. The molecule has 2 aromatic rings. The van der Waals surface area contributed by atoms with Crippen molar-refractivity contribution in [3.63, 3.8) is 0 Å². The van der Waals surface area contributed by atoms with Crippen molar-refractivity contribution in [2.75, 3.05) is 13.2 Å². The van der Waals surface area contributed by atoms with Crippen LogP contribution in [0.25, 0.3) is 5.69 Å². The molecular formula is C13H13BrN2O2. The quantitative estimate of drug-likeness (QED) is 0.812. The van der Waals surface area contributed by atoms with Gasteiger partial charge in [0.2, 0.25) is 0 Å². The number of benzene rings is 1. The monoisotopic (exact) mass is 308 g/mol. The van der Waals surface area contributed by atoms with E-state index in [1.54, 1.807) is 0 Å². The zero-order valence-electron chi connectivity index (χ0n) is 10.2. The maximum Gasteiger partial charge on any atom is 0.163 e. The Hall–Kier alpha value is -1.49. The molecular weight excluding hydrogens is 296 g/mol. The number of fused-ring (bicyclic) bond motifs is 1. The Bertz CT molecular complexity index is 607. The minimum absolute atomic E-state index is 0.595. The fraction of sp³-hybridized carbons (Fsp3) is 0.308. The summed E-state index contributed by atoms with van der Waals surface area (Å²) in [6.45, 7) is 5.21. The van der Waals surface area contributed by atoms with Crippen molar-refractivity contribution in [2.24, 2.45) is 0 Å². The normalized spacial score (nSPS) is 13.7. The van der Waals surface area contributed by atoms with Gasteiger partial charge in [-0.1, -0.05) is 0 Å². The highest BCUT2D eigenvalue weighted by atomic mass is 79.9. The van der Waals surface area contributed by atoms with Gasteiger partial charge in [0.25, 0.3) is 0 Å². The number of ether oxygens (including phenoxy) is 2. The lowest BCUT2D eigenvalue weighted by atomic mass is 10.2. The summed E-state index contributed by atoms with van der Waals surface area (Å²) in [4.78, 5) is 0. The van der Waals surface area contributed by atoms with Gasteiger partial charge >= 0.3 is 0 Å². The molecule has 0 amide bonds. The molecule has 0 bridgehead atoms. The Morgan fingerprint density at radius 1 is 1.17 bits per heavy atom. The van der Waals surface area contributed by atoms with E-state index in [-0.39, 0.29) is 0 Å². The highest BCUT2D eigenvalue weighted by molar-refractivity contribution is 9.10. The highest BCUT2D eigenvalue weighted by Gasteiger charge is 2.15. The van der Waals surface area contributed by atoms with Crippen LogP contribution in [0.5, 0.6) is 11.5 Å². The Balaban J connectivity index is 2.09. The molecule has 1 aromatic heterocycles. The molecule has 2 heterocycles. The van der Waals surface area contributed by atoms with Crippen LogP contribution in [0.4, 0.5) is 0 Å². The lowest BCUT2D eigenvalue weighted by Gasteiger charge is -2.19. The third-order valence-corrected chi connectivity index (χ3v) is 4.12. The molecule has 0 unspecified atom stereocenters. The first-order valence-corrected chi connectivity index (χ1v) is 6.58. The van der Waals surface area contributed by atoms with Gasteiger partial charge in [-0.25, -0.2) is 4.68 Å². The van der Waals surface area contributed by atoms with Crippen LogP contribution in [-0.2, 0) is 0 Å². The summed E-state index contributed by atoms with van der Waals surface area (Å²) < 4.78 is 14.0. The number of nitrogens with zero attached hydrogens (tertiary/aromatic N) is 2. The van der Waals surface area contributed by atoms with E-state index in [1.807, 2.05) is 36.7 Å². The van der Waals surface area contributed by atoms with Crippen molar-refractivity contribution in [3.05, 3.63) is 34.1 Å². The smallest absolute Gasteiger partial charge is 0.163 e. The predicted molar refractivity (Wildman–Crippen MR) is 71.7 cm³/mol. The van der Waals surface area contributed by atoms with E-state index < -0.39 is 0 Å². The second-order valence-electron chi connectivity index (χ2n) is 4.22. The zero-order valence-corrected chi connectivity index (χ0v) is 11.8. The molecule has 18 heavy (non-hydrogen) atoms. The molecule has 1 aliphatic heterocycles. The van der Waals surface area contributed by atoms with Crippen LogP contribution < -0.4 is 9.47 Å². The molecule has 5 heteroatoms. The molecule has 0 radical (unpaired) electrons. The second kappa shape index (κ2) is 4.31. The fourth-order valence-corrected chi connectivity index (χ4v) is 2.29. The third-order valence-electron chi connectivity index (χ3n) is 2.97. The SMILES string of the molecule is Cc1nn(-c2ccc3c(c2)OCCO3)c(C)c1Br. The Morgan fingerprint density at radius 2 is 1.89 bits per heavy atom. The Kier molecular flexibility index (Phi) is 2.78. The standard InChI is InChI=1S/C13H13BrN2O2/c1-8-13(14)9(2)16(15-8)10-3-4-11-12(7-10)18-6-5-17-11/h3-4,7H,5-6H2,1-2H3. The maximum atomic E-state index is 5.58. The fourth-order valence-electron chi connectivity index (χ4n) is 2.04. The summed E-state index contributed by atoms with van der Waals surface area (Å²) in [5, 5.41) is 4.50. The number of aromatic nitrogens is 2. The average molecular weight is 309 g/mol. The largest absolute Gasteiger partial charge is 0.486 e. The van der Waals surface area contributed by atoms with Gasteiger partial charge in [-0.05, 0) is 41.9 Å². The van der Waals surface area contributed by atoms with Crippen LogP contribution in [0.3, 0.4) is 0 Å². The first-order valence-electron chi connectivity index (χ1n) is 5.78. The van der Waals surface area contributed by atoms with Gasteiger partial charge in [-0.2, -0.15) is 5.10 Å². The summed E-state index contributed by atoms with van der Waals surface area (Å²) in [5.41, 5.74) is 3.03. The molecule has 1 aromatic carbocycles. The van der Waals surface area contributed by atoms with Gasteiger partial charge < -0.3 is 9.47 Å². The van der Waals surface area contributed by atoms with Crippen LogP contribution >= 0.6 is 15.9 Å². The molecule has 0 fully saturated rings. The van der Waals surface area contributed by atoms with E-state index in [1.165, 1.54) is 0 Å². The molecule has 4 nitrogen and oxygen atoms in total. The molecule has 0 aliphatic carbocycles. The van der Waals surface area contributed by atoms with E-state index in [9.17, 15) is 0 Å². The minimum Gasteiger partial charge on any atom is -0.486 e. The van der Waals surface area contributed by atoms with Crippen molar-refractivity contribution in [1.82, 2.24) is 9.78 Å². The number of hydrogen-bond acceptors (Lipinski definition) is 3. The molecule has 0 atom stereocenters. The van der Waals surface area contributed by atoms with E-state index in [4.69, 9.17) is 9.47 Å². The van der Waals surface area contributed by atoms with Gasteiger partial charge in [-0.3, -0.25) is 0 Å². The first-order chi connectivity index (χ1) is 8.66. The van der Waals surface area contributed by atoms with Crippen LogP contribution in [0, 0.1) is 13.8 Å². The van der Waals surface area contributed by atoms with Crippen molar-refractivity contribution >= 4 is 15.9 Å². The number of rotatable bonds is 1. The van der Waals surface area contributed by atoms with E-state index in [0.717, 1.165) is 33.0 Å². The lowest BCUT2D eigenvalue weighted by Crippen LogP contribution is -2.15. The lowest BCUT2D eigenvalue weighted by molar-refractivity contribution is 0.171. The summed E-state index contributed by atoms with van der Waals surface area (Å²) in [7, 11) is 0. The third kappa shape index (κ3) is 1.79. The Morgan fingerprint density at radius 3 is 2.56 bits per heavy atom. The van der Waals surface area contributed by atoms with Crippen LogP contribution in [0.2, 0.25) is 0 Å². The first kappa shape index (κ1) is 11.6. The van der Waals surface area contributed by atoms with Gasteiger partial charge in [-0.15, -0.1) is 0 Å². The number of aryl methyl sites for hydroxylation is 1. The summed E-state index contributed by atoms with van der Waals surface area (Å²) in [5.74, 6) is 1.58. The zero-order chi connectivity index (χ0) is 12.7. The molecule has 1 aliphatic rings. The van der Waals surface area contributed by atoms with Crippen LogP contribution in [-0.4, -0.2) is 23.0 Å². The second-order valence-corrected chi connectivity index (χ2v) is 5.02. The maximum absolute atomic E-state index is 5.58. The van der Waals surface area contributed by atoms with Crippen molar-refractivity contribution < 1.29 is 9.47 Å². The molecule has 3 rings (SSSR count). The van der Waals surface area contributed by atoms with Gasteiger partial charge in [0.05, 0.1) is 21.5 Å². The topological polar surface area (TPSA) is 36.3 Å². The molecule has 0 saturated heterocycles. The summed E-state index contributed by atoms with van der Waals surface area (Å²) in [6, 6.07) is 5.87. The number of hydrogen-bond donors (Lipinski definition) is 0. The van der Waals surface area contributed by atoms with E-state index in [2.05, 4.69) is 21.0 Å². The van der Waals surface area contributed by atoms with Crippen molar-refractivity contribution in [1.29, 1.82) is 0 Å². The molecule has 0 saturated carbocycles.